The molecule has 0 aromatic heterocycles. The summed E-state index contributed by atoms with van der Waals surface area (Å²) < 4.78 is 32.5. The maximum absolute atomic E-state index is 13.2. The molecule has 0 unspecified atom stereocenters. The van der Waals surface area contributed by atoms with Crippen LogP contribution < -0.4 is 10.5 Å². The first-order valence-electron chi connectivity index (χ1n) is 4.74. The van der Waals surface area contributed by atoms with E-state index in [2.05, 4.69) is 22.6 Å². The highest BCUT2D eigenvalue weighted by Gasteiger charge is 2.10. The van der Waals surface area contributed by atoms with E-state index in [0.29, 0.717) is 5.75 Å². The predicted octanol–water partition coefficient (Wildman–Crippen LogP) is 3.94. The van der Waals surface area contributed by atoms with Gasteiger partial charge in [0.05, 0.1) is 0 Å². The molecule has 0 aliphatic carbocycles. The van der Waals surface area contributed by atoms with Crippen molar-refractivity contribution in [3.8, 4) is 11.5 Å². The Bertz CT molecular complexity index is 543. The second-order valence-corrected chi connectivity index (χ2v) is 4.60. The maximum Gasteiger partial charge on any atom is 0.156 e. The lowest BCUT2D eigenvalue weighted by molar-refractivity contribution is 0.472. The average molecular weight is 347 g/mol. The molecule has 17 heavy (non-hydrogen) atoms. The van der Waals surface area contributed by atoms with Gasteiger partial charge in [-0.3, -0.25) is 0 Å². The number of anilines is 1. The predicted molar refractivity (Wildman–Crippen MR) is 70.0 cm³/mol. The molecule has 2 aromatic carbocycles. The molecular formula is C12H8F2INO. The first-order valence-corrected chi connectivity index (χ1v) is 5.82. The smallest absolute Gasteiger partial charge is 0.156 e. The lowest BCUT2D eigenvalue weighted by Gasteiger charge is -2.09. The van der Waals surface area contributed by atoms with E-state index in [4.69, 9.17) is 10.5 Å². The summed E-state index contributed by atoms with van der Waals surface area (Å²) in [5.41, 5.74) is 5.26. The summed E-state index contributed by atoms with van der Waals surface area (Å²) >= 11 is 2.14. The Morgan fingerprint density at radius 3 is 2.35 bits per heavy atom. The van der Waals surface area contributed by atoms with Gasteiger partial charge in [0, 0.05) is 15.7 Å². The van der Waals surface area contributed by atoms with Gasteiger partial charge in [-0.2, -0.15) is 0 Å². The van der Waals surface area contributed by atoms with Crippen LogP contribution in [0.5, 0.6) is 11.5 Å². The summed E-state index contributed by atoms with van der Waals surface area (Å²) in [5, 5.41) is 0. The number of hydrogen-bond donors (Lipinski definition) is 1. The number of nitrogen functional groups attached to an aromatic ring is 1. The van der Waals surface area contributed by atoms with Crippen LogP contribution in [-0.4, -0.2) is 0 Å². The Labute approximate surface area is 111 Å². The van der Waals surface area contributed by atoms with Crippen LogP contribution in [0.25, 0.3) is 0 Å². The molecule has 2 aromatic rings. The fourth-order valence-corrected chi connectivity index (χ4v) is 1.63. The second-order valence-electron chi connectivity index (χ2n) is 3.36. The van der Waals surface area contributed by atoms with Gasteiger partial charge in [-0.25, -0.2) is 8.78 Å². The van der Waals surface area contributed by atoms with Crippen LogP contribution in [-0.2, 0) is 0 Å². The molecule has 5 heteroatoms. The molecule has 0 aliphatic rings. The van der Waals surface area contributed by atoms with Crippen molar-refractivity contribution in [3.63, 3.8) is 0 Å². The lowest BCUT2D eigenvalue weighted by atomic mass is 10.2. The van der Waals surface area contributed by atoms with Crippen LogP contribution in [0.2, 0.25) is 0 Å². The van der Waals surface area contributed by atoms with E-state index < -0.39 is 11.6 Å². The van der Waals surface area contributed by atoms with Crippen LogP contribution in [0.3, 0.4) is 0 Å². The molecule has 2 N–H and O–H groups in total. The number of rotatable bonds is 2. The molecule has 0 spiro atoms. The molecule has 0 heterocycles. The minimum Gasteiger partial charge on any atom is -0.455 e. The number of benzene rings is 2. The Morgan fingerprint density at radius 2 is 1.71 bits per heavy atom. The minimum absolute atomic E-state index is 0.0243. The third-order valence-corrected chi connectivity index (χ3v) is 2.82. The Morgan fingerprint density at radius 1 is 1.06 bits per heavy atom. The largest absolute Gasteiger partial charge is 0.455 e. The number of nitrogens with two attached hydrogens (primary N) is 1. The van der Waals surface area contributed by atoms with Gasteiger partial charge in [0.1, 0.15) is 17.3 Å². The summed E-state index contributed by atoms with van der Waals surface area (Å²) in [4.78, 5) is 0. The Balaban J connectivity index is 2.32. The molecule has 0 saturated heterocycles. The summed E-state index contributed by atoms with van der Waals surface area (Å²) in [5.74, 6) is -1.10. The maximum atomic E-state index is 13.2. The number of halogens is 3. The zero-order valence-electron chi connectivity index (χ0n) is 8.58. The number of ether oxygens (including phenoxy) is 1. The number of hydrogen-bond acceptors (Lipinski definition) is 2. The van der Waals surface area contributed by atoms with Gasteiger partial charge in [-0.1, -0.05) is 0 Å². The van der Waals surface area contributed by atoms with Gasteiger partial charge >= 0.3 is 0 Å². The van der Waals surface area contributed by atoms with Crippen LogP contribution in [0.4, 0.5) is 14.5 Å². The molecule has 0 amide bonds. The van der Waals surface area contributed by atoms with Gasteiger partial charge in [-0.05, 0) is 46.9 Å². The second kappa shape index (κ2) is 4.87. The Kier molecular flexibility index (Phi) is 3.46. The van der Waals surface area contributed by atoms with Crippen molar-refractivity contribution in [2.45, 2.75) is 0 Å². The third-order valence-electron chi connectivity index (χ3n) is 2.10. The molecule has 2 nitrogen and oxygen atoms in total. The van der Waals surface area contributed by atoms with Crippen LogP contribution >= 0.6 is 22.6 Å². The molecule has 0 saturated carbocycles. The summed E-state index contributed by atoms with van der Waals surface area (Å²) in [6, 6.07) is 8.81. The monoisotopic (exact) mass is 347 g/mol. The van der Waals surface area contributed by atoms with E-state index in [1.54, 1.807) is 12.1 Å². The average Bonchev–Trinajstić information content (AvgIpc) is 2.28. The first-order chi connectivity index (χ1) is 8.06. The van der Waals surface area contributed by atoms with Gasteiger partial charge < -0.3 is 10.5 Å². The van der Waals surface area contributed by atoms with Crippen LogP contribution in [0, 0.1) is 15.2 Å². The van der Waals surface area contributed by atoms with E-state index in [1.807, 2.05) is 12.1 Å². The highest BCUT2D eigenvalue weighted by molar-refractivity contribution is 14.1. The molecule has 2 rings (SSSR count). The van der Waals surface area contributed by atoms with Crippen molar-refractivity contribution >= 4 is 28.3 Å². The minimum atomic E-state index is -0.828. The van der Waals surface area contributed by atoms with E-state index in [9.17, 15) is 8.78 Å². The molecule has 0 atom stereocenters. The van der Waals surface area contributed by atoms with Crippen molar-refractivity contribution < 1.29 is 13.5 Å². The fraction of sp³-hybridized carbons (Fsp3) is 0. The first kappa shape index (κ1) is 12.1. The molecule has 0 radical (unpaired) electrons. The molecular weight excluding hydrogens is 339 g/mol. The van der Waals surface area contributed by atoms with Crippen molar-refractivity contribution in [3.05, 3.63) is 51.6 Å². The van der Waals surface area contributed by atoms with Gasteiger partial charge in [-0.15, -0.1) is 0 Å². The standard InChI is InChI=1S/C12H8F2INO/c13-7-5-10(14)12(16)11(6-7)17-9-3-1-8(15)2-4-9/h1-6H,16H2. The van der Waals surface area contributed by atoms with Crippen molar-refractivity contribution in [1.29, 1.82) is 0 Å². The van der Waals surface area contributed by atoms with Gasteiger partial charge in [0.25, 0.3) is 0 Å². The van der Waals surface area contributed by atoms with Crippen molar-refractivity contribution in [2.75, 3.05) is 5.73 Å². The lowest BCUT2D eigenvalue weighted by Crippen LogP contribution is -1.97. The zero-order chi connectivity index (χ0) is 12.4. The van der Waals surface area contributed by atoms with Gasteiger partial charge in [0.15, 0.2) is 11.6 Å². The van der Waals surface area contributed by atoms with Gasteiger partial charge in [0.2, 0.25) is 0 Å². The third kappa shape index (κ3) is 2.85. The van der Waals surface area contributed by atoms with E-state index in [1.165, 1.54) is 0 Å². The highest BCUT2D eigenvalue weighted by Crippen LogP contribution is 2.30. The van der Waals surface area contributed by atoms with E-state index >= 15 is 0 Å². The fourth-order valence-electron chi connectivity index (χ4n) is 1.28. The quantitative estimate of drug-likeness (QED) is 0.660. The Hall–Kier alpha value is -1.37. The van der Waals surface area contributed by atoms with Crippen LogP contribution in [0.1, 0.15) is 0 Å². The topological polar surface area (TPSA) is 35.2 Å². The summed E-state index contributed by atoms with van der Waals surface area (Å²) in [6.07, 6.45) is 0. The molecule has 88 valence electrons. The molecule has 0 bridgehead atoms. The van der Waals surface area contributed by atoms with Crippen molar-refractivity contribution in [1.82, 2.24) is 0 Å². The summed E-state index contributed by atoms with van der Waals surface area (Å²) in [7, 11) is 0. The highest BCUT2D eigenvalue weighted by atomic mass is 127. The van der Waals surface area contributed by atoms with Crippen LogP contribution in [0.15, 0.2) is 36.4 Å². The van der Waals surface area contributed by atoms with Crippen molar-refractivity contribution in [2.24, 2.45) is 0 Å². The zero-order valence-corrected chi connectivity index (χ0v) is 10.7. The molecule has 0 fully saturated rings. The van der Waals surface area contributed by atoms with E-state index in [0.717, 1.165) is 15.7 Å². The molecule has 0 aliphatic heterocycles. The normalized spacial score (nSPS) is 10.3. The van der Waals surface area contributed by atoms with E-state index in [-0.39, 0.29) is 11.4 Å². The SMILES string of the molecule is Nc1c(F)cc(F)cc1Oc1ccc(I)cc1. The summed E-state index contributed by atoms with van der Waals surface area (Å²) in [6.45, 7) is 0.